The molecule has 1 unspecified atom stereocenters. The van der Waals surface area contributed by atoms with Gasteiger partial charge in [-0.1, -0.05) is 36.4 Å². The van der Waals surface area contributed by atoms with Gasteiger partial charge >= 0.3 is 0 Å². The highest BCUT2D eigenvalue weighted by molar-refractivity contribution is 5.47. The van der Waals surface area contributed by atoms with Crippen LogP contribution >= 0.6 is 0 Å². The largest absolute Gasteiger partial charge is 0.396 e. The van der Waals surface area contributed by atoms with Crippen molar-refractivity contribution >= 4 is 5.69 Å². The molecule has 1 aliphatic carbocycles. The molecule has 3 N–H and O–H groups in total. The van der Waals surface area contributed by atoms with Crippen LogP contribution in [0.15, 0.2) is 42.5 Å². The summed E-state index contributed by atoms with van der Waals surface area (Å²) < 4.78 is 13.3. The molecule has 2 nitrogen and oxygen atoms in total. The van der Waals surface area contributed by atoms with Gasteiger partial charge in [0.05, 0.1) is 5.69 Å². The zero-order chi connectivity index (χ0) is 13.2. The van der Waals surface area contributed by atoms with Gasteiger partial charge in [-0.05, 0) is 29.2 Å². The first-order chi connectivity index (χ1) is 9.25. The molecule has 0 aliphatic heterocycles. The predicted molar refractivity (Wildman–Crippen MR) is 75.4 cm³/mol. The summed E-state index contributed by atoms with van der Waals surface area (Å²) >= 11 is 0. The van der Waals surface area contributed by atoms with E-state index in [1.54, 1.807) is 6.07 Å². The van der Waals surface area contributed by atoms with Gasteiger partial charge in [-0.3, -0.25) is 0 Å². The molecule has 0 amide bonds. The Balaban J connectivity index is 1.56. The maximum absolute atomic E-state index is 13.3. The van der Waals surface area contributed by atoms with Crippen molar-refractivity contribution in [1.82, 2.24) is 5.32 Å². The van der Waals surface area contributed by atoms with Gasteiger partial charge in [-0.2, -0.15) is 0 Å². The Hall–Kier alpha value is -1.87. The molecular weight excluding hydrogens is 239 g/mol. The summed E-state index contributed by atoms with van der Waals surface area (Å²) in [6.45, 7) is 1.52. The predicted octanol–water partition coefficient (Wildman–Crippen LogP) is 2.84. The van der Waals surface area contributed by atoms with E-state index >= 15 is 0 Å². The SMILES string of the molecule is Nc1c(F)cccc1CNCC1Cc2ccccc21. The lowest BCUT2D eigenvalue weighted by molar-refractivity contribution is 0.535. The van der Waals surface area contributed by atoms with Crippen LogP contribution in [0.3, 0.4) is 0 Å². The van der Waals surface area contributed by atoms with Crippen molar-refractivity contribution in [2.45, 2.75) is 18.9 Å². The van der Waals surface area contributed by atoms with Crippen LogP contribution < -0.4 is 11.1 Å². The van der Waals surface area contributed by atoms with Crippen LogP contribution in [0.2, 0.25) is 0 Å². The van der Waals surface area contributed by atoms with Gasteiger partial charge in [0.1, 0.15) is 5.82 Å². The highest BCUT2D eigenvalue weighted by Gasteiger charge is 2.24. The first-order valence-electron chi connectivity index (χ1n) is 6.57. The molecule has 2 aromatic rings. The summed E-state index contributed by atoms with van der Waals surface area (Å²) in [7, 11) is 0. The number of nitrogens with one attached hydrogen (secondary N) is 1. The van der Waals surface area contributed by atoms with Crippen molar-refractivity contribution in [3.05, 3.63) is 65.0 Å². The number of nitrogens with two attached hydrogens (primary N) is 1. The first-order valence-corrected chi connectivity index (χ1v) is 6.57. The highest BCUT2D eigenvalue weighted by atomic mass is 19.1. The van der Waals surface area contributed by atoms with Crippen LogP contribution in [0.4, 0.5) is 10.1 Å². The number of benzene rings is 2. The molecule has 0 fully saturated rings. The molecule has 0 aromatic heterocycles. The van der Waals surface area contributed by atoms with Gasteiger partial charge in [0, 0.05) is 19.0 Å². The van der Waals surface area contributed by atoms with E-state index in [-0.39, 0.29) is 11.5 Å². The third-order valence-electron chi connectivity index (χ3n) is 3.81. The monoisotopic (exact) mass is 256 g/mol. The van der Waals surface area contributed by atoms with E-state index in [0.717, 1.165) is 18.5 Å². The number of anilines is 1. The number of fused-ring (bicyclic) bond motifs is 1. The van der Waals surface area contributed by atoms with E-state index in [0.29, 0.717) is 12.5 Å². The fraction of sp³-hybridized carbons (Fsp3) is 0.250. The summed E-state index contributed by atoms with van der Waals surface area (Å²) in [6.07, 6.45) is 1.13. The Bertz CT molecular complexity index is 595. The molecule has 19 heavy (non-hydrogen) atoms. The van der Waals surface area contributed by atoms with Crippen molar-refractivity contribution in [3.8, 4) is 0 Å². The number of hydrogen-bond donors (Lipinski definition) is 2. The molecule has 0 saturated carbocycles. The average Bonchev–Trinajstić information content (AvgIpc) is 2.39. The Morgan fingerprint density at radius 1 is 1.16 bits per heavy atom. The van der Waals surface area contributed by atoms with E-state index in [4.69, 9.17) is 5.73 Å². The summed E-state index contributed by atoms with van der Waals surface area (Å²) in [5, 5.41) is 3.37. The summed E-state index contributed by atoms with van der Waals surface area (Å²) in [5.74, 6) is 0.235. The lowest BCUT2D eigenvalue weighted by Gasteiger charge is -2.30. The van der Waals surface area contributed by atoms with Crippen molar-refractivity contribution in [2.24, 2.45) is 0 Å². The van der Waals surface area contributed by atoms with Gasteiger partial charge in [0.25, 0.3) is 0 Å². The second-order valence-electron chi connectivity index (χ2n) is 5.04. The van der Waals surface area contributed by atoms with E-state index in [1.807, 2.05) is 6.07 Å². The maximum atomic E-state index is 13.3. The van der Waals surface area contributed by atoms with Crippen LogP contribution in [0.1, 0.15) is 22.6 Å². The number of hydrogen-bond acceptors (Lipinski definition) is 2. The van der Waals surface area contributed by atoms with Gasteiger partial charge in [0.15, 0.2) is 0 Å². The van der Waals surface area contributed by atoms with Gasteiger partial charge < -0.3 is 11.1 Å². The van der Waals surface area contributed by atoms with E-state index < -0.39 is 0 Å². The van der Waals surface area contributed by atoms with Gasteiger partial charge in [0.2, 0.25) is 0 Å². The van der Waals surface area contributed by atoms with Crippen molar-refractivity contribution in [3.63, 3.8) is 0 Å². The molecular formula is C16H17FN2. The lowest BCUT2D eigenvalue weighted by atomic mass is 9.77. The second kappa shape index (κ2) is 5.02. The molecule has 2 aromatic carbocycles. The first kappa shape index (κ1) is 12.2. The topological polar surface area (TPSA) is 38.0 Å². The van der Waals surface area contributed by atoms with Crippen LogP contribution in [0.5, 0.6) is 0 Å². The molecule has 0 heterocycles. The number of rotatable bonds is 4. The smallest absolute Gasteiger partial charge is 0.146 e. The van der Waals surface area contributed by atoms with E-state index in [1.165, 1.54) is 17.2 Å². The molecule has 1 atom stereocenters. The van der Waals surface area contributed by atoms with Gasteiger partial charge in [-0.15, -0.1) is 0 Å². The second-order valence-corrected chi connectivity index (χ2v) is 5.04. The zero-order valence-corrected chi connectivity index (χ0v) is 10.7. The highest BCUT2D eigenvalue weighted by Crippen LogP contribution is 2.34. The minimum atomic E-state index is -0.340. The Morgan fingerprint density at radius 3 is 2.84 bits per heavy atom. The van der Waals surface area contributed by atoms with Gasteiger partial charge in [-0.25, -0.2) is 4.39 Å². The molecule has 0 radical (unpaired) electrons. The Morgan fingerprint density at radius 2 is 2.00 bits per heavy atom. The number of para-hydroxylation sites is 1. The normalized spacial score (nSPS) is 16.8. The summed E-state index contributed by atoms with van der Waals surface area (Å²) in [4.78, 5) is 0. The molecule has 0 saturated heterocycles. The quantitative estimate of drug-likeness (QED) is 0.825. The van der Waals surface area contributed by atoms with E-state index in [2.05, 4.69) is 29.6 Å². The molecule has 98 valence electrons. The average molecular weight is 256 g/mol. The third-order valence-corrected chi connectivity index (χ3v) is 3.81. The van der Waals surface area contributed by atoms with Crippen molar-refractivity contribution in [2.75, 3.05) is 12.3 Å². The summed E-state index contributed by atoms with van der Waals surface area (Å²) in [5.41, 5.74) is 9.66. The van der Waals surface area contributed by atoms with Crippen LogP contribution in [0.25, 0.3) is 0 Å². The van der Waals surface area contributed by atoms with Crippen molar-refractivity contribution in [1.29, 1.82) is 0 Å². The molecule has 1 aliphatic rings. The zero-order valence-electron chi connectivity index (χ0n) is 10.7. The molecule has 3 heteroatoms. The minimum absolute atomic E-state index is 0.254. The maximum Gasteiger partial charge on any atom is 0.146 e. The lowest BCUT2D eigenvalue weighted by Crippen LogP contribution is -2.29. The standard InChI is InChI=1S/C16H17FN2/c17-15-7-3-5-12(16(15)18)9-19-10-13-8-11-4-1-2-6-14(11)13/h1-7,13,19H,8-10,18H2. The third kappa shape index (κ3) is 2.34. The van der Waals surface area contributed by atoms with Crippen LogP contribution in [-0.2, 0) is 13.0 Å². The molecule has 0 spiro atoms. The Labute approximate surface area is 112 Å². The Kier molecular flexibility index (Phi) is 3.22. The van der Waals surface area contributed by atoms with Crippen LogP contribution in [-0.4, -0.2) is 6.54 Å². The van der Waals surface area contributed by atoms with Crippen LogP contribution in [0, 0.1) is 5.82 Å². The number of halogens is 1. The molecule has 0 bridgehead atoms. The number of nitrogen functional groups attached to an aromatic ring is 1. The van der Waals surface area contributed by atoms with Crippen molar-refractivity contribution < 1.29 is 4.39 Å². The molecule has 3 rings (SSSR count). The fourth-order valence-electron chi connectivity index (χ4n) is 2.66. The van der Waals surface area contributed by atoms with E-state index in [9.17, 15) is 4.39 Å². The minimum Gasteiger partial charge on any atom is -0.396 e. The summed E-state index contributed by atoms with van der Waals surface area (Å²) in [6, 6.07) is 13.5. The fourth-order valence-corrected chi connectivity index (χ4v) is 2.66.